The van der Waals surface area contributed by atoms with Gasteiger partial charge in [-0.15, -0.1) is 0 Å². The molecule has 1 aromatic heterocycles. The Morgan fingerprint density at radius 2 is 1.55 bits per heavy atom. The highest BCUT2D eigenvalue weighted by molar-refractivity contribution is 6.06. The number of aromatic nitrogens is 2. The van der Waals surface area contributed by atoms with E-state index in [1.807, 2.05) is 36.4 Å². The molecular formula is C32H30N4O2. The van der Waals surface area contributed by atoms with Crippen molar-refractivity contribution < 1.29 is 9.84 Å². The van der Waals surface area contributed by atoms with Gasteiger partial charge < -0.3 is 19.7 Å². The maximum absolute atomic E-state index is 9.59. The summed E-state index contributed by atoms with van der Waals surface area (Å²) in [5.74, 6) is 1.98. The van der Waals surface area contributed by atoms with Crippen molar-refractivity contribution in [1.82, 2.24) is 14.9 Å². The second-order valence-corrected chi connectivity index (χ2v) is 9.97. The highest BCUT2D eigenvalue weighted by Gasteiger charge is 2.17. The Labute approximate surface area is 222 Å². The number of imidazole rings is 1. The van der Waals surface area contributed by atoms with E-state index in [2.05, 4.69) is 60.4 Å². The molecule has 0 atom stereocenters. The van der Waals surface area contributed by atoms with Crippen LogP contribution >= 0.6 is 0 Å². The molecule has 0 unspecified atom stereocenters. The number of phenolic OH excluding ortho intramolecular Hbond substituents is 1. The number of ether oxygens (including phenoxy) is 1. The topological polar surface area (TPSA) is 73.7 Å². The third-order valence-corrected chi connectivity index (χ3v) is 6.86. The third-order valence-electron chi connectivity index (χ3n) is 6.86. The predicted molar refractivity (Wildman–Crippen MR) is 154 cm³/mol. The number of hydrogen-bond acceptors (Lipinski definition) is 5. The maximum Gasteiger partial charge on any atom is 0.138 e. The molecule has 6 nitrogen and oxygen atoms in total. The largest absolute Gasteiger partial charge is 0.508 e. The molecule has 0 fully saturated rings. The van der Waals surface area contributed by atoms with E-state index in [0.717, 1.165) is 75.6 Å². The molecule has 0 saturated heterocycles. The Kier molecular flexibility index (Phi) is 6.40. The Morgan fingerprint density at radius 3 is 2.34 bits per heavy atom. The molecule has 0 bridgehead atoms. The van der Waals surface area contributed by atoms with Crippen molar-refractivity contribution in [2.75, 3.05) is 27.2 Å². The van der Waals surface area contributed by atoms with Gasteiger partial charge in [-0.05, 0) is 110 Å². The van der Waals surface area contributed by atoms with Crippen LogP contribution in [-0.4, -0.2) is 52.9 Å². The summed E-state index contributed by atoms with van der Waals surface area (Å²) in [5, 5.41) is 9.59. The molecule has 0 radical (unpaired) electrons. The first-order valence-corrected chi connectivity index (χ1v) is 12.9. The number of nitrogens with zero attached hydrogens (tertiary/aromatic N) is 3. The fourth-order valence-electron chi connectivity index (χ4n) is 4.79. The molecule has 5 aromatic rings. The summed E-state index contributed by atoms with van der Waals surface area (Å²) >= 11 is 0. The summed E-state index contributed by atoms with van der Waals surface area (Å²) in [6.07, 6.45) is 1.79. The van der Waals surface area contributed by atoms with Crippen molar-refractivity contribution in [3.05, 3.63) is 96.1 Å². The molecule has 190 valence electrons. The van der Waals surface area contributed by atoms with E-state index in [-0.39, 0.29) is 5.75 Å². The van der Waals surface area contributed by atoms with Crippen LogP contribution in [0.15, 0.2) is 89.9 Å². The highest BCUT2D eigenvalue weighted by atomic mass is 16.5. The van der Waals surface area contributed by atoms with E-state index in [4.69, 9.17) is 14.7 Å². The molecule has 1 aliphatic rings. The molecule has 0 aliphatic carbocycles. The molecule has 1 aliphatic heterocycles. The van der Waals surface area contributed by atoms with Gasteiger partial charge in [0.1, 0.15) is 17.3 Å². The summed E-state index contributed by atoms with van der Waals surface area (Å²) in [6.45, 7) is 1.72. The number of nitrogens with one attached hydrogen (secondary N) is 1. The van der Waals surface area contributed by atoms with Gasteiger partial charge in [0, 0.05) is 18.5 Å². The summed E-state index contributed by atoms with van der Waals surface area (Å²) in [7, 11) is 4.14. The zero-order chi connectivity index (χ0) is 26.1. The van der Waals surface area contributed by atoms with Crippen LogP contribution in [0.3, 0.4) is 0 Å². The van der Waals surface area contributed by atoms with E-state index in [0.29, 0.717) is 6.61 Å². The minimum Gasteiger partial charge on any atom is -0.508 e. The van der Waals surface area contributed by atoms with Crippen LogP contribution in [0.25, 0.3) is 33.5 Å². The molecule has 4 aromatic carbocycles. The smallest absolute Gasteiger partial charge is 0.138 e. The van der Waals surface area contributed by atoms with Crippen molar-refractivity contribution in [1.29, 1.82) is 0 Å². The predicted octanol–water partition coefficient (Wildman–Crippen LogP) is 6.61. The highest BCUT2D eigenvalue weighted by Crippen LogP contribution is 2.34. The molecular weight excluding hydrogens is 472 g/mol. The van der Waals surface area contributed by atoms with Crippen molar-refractivity contribution in [3.63, 3.8) is 0 Å². The quantitative estimate of drug-likeness (QED) is 0.234. The van der Waals surface area contributed by atoms with Crippen molar-refractivity contribution in [2.24, 2.45) is 4.99 Å². The minimum atomic E-state index is 0.265. The molecule has 0 spiro atoms. The number of H-pyrrole nitrogens is 1. The number of hydrogen-bond donors (Lipinski definition) is 2. The lowest BCUT2D eigenvalue weighted by atomic mass is 10.00. The summed E-state index contributed by atoms with van der Waals surface area (Å²) < 4.78 is 5.86. The second-order valence-electron chi connectivity index (χ2n) is 9.97. The van der Waals surface area contributed by atoms with Crippen molar-refractivity contribution in [3.8, 4) is 34.0 Å². The Bertz CT molecular complexity index is 1620. The van der Waals surface area contributed by atoms with E-state index in [1.165, 1.54) is 5.56 Å². The van der Waals surface area contributed by atoms with Gasteiger partial charge in [-0.3, -0.25) is 4.99 Å². The van der Waals surface area contributed by atoms with Crippen molar-refractivity contribution >= 4 is 22.4 Å². The molecule has 6 heteroatoms. The minimum absolute atomic E-state index is 0.265. The van der Waals surface area contributed by atoms with Gasteiger partial charge in [0.05, 0.1) is 29.0 Å². The van der Waals surface area contributed by atoms with E-state index < -0.39 is 0 Å². The van der Waals surface area contributed by atoms with Gasteiger partial charge in [0.15, 0.2) is 0 Å². The lowest BCUT2D eigenvalue weighted by Crippen LogP contribution is -2.15. The average Bonchev–Trinajstić information content (AvgIpc) is 3.55. The Hall–Kier alpha value is -4.42. The lowest BCUT2D eigenvalue weighted by Gasteiger charge is -2.10. The number of aliphatic imine (C=N–C) groups is 1. The van der Waals surface area contributed by atoms with Gasteiger partial charge in [-0.25, -0.2) is 4.98 Å². The number of benzene rings is 4. The van der Waals surface area contributed by atoms with Gasteiger partial charge in [-0.2, -0.15) is 0 Å². The first-order valence-electron chi connectivity index (χ1n) is 12.9. The summed E-state index contributed by atoms with van der Waals surface area (Å²) in [5.41, 5.74) is 9.46. The van der Waals surface area contributed by atoms with Crippen LogP contribution in [-0.2, 0) is 6.42 Å². The van der Waals surface area contributed by atoms with Gasteiger partial charge in [-0.1, -0.05) is 18.2 Å². The fourth-order valence-corrected chi connectivity index (χ4v) is 4.79. The maximum atomic E-state index is 9.59. The van der Waals surface area contributed by atoms with E-state index in [9.17, 15) is 5.11 Å². The first-order chi connectivity index (χ1) is 18.5. The van der Waals surface area contributed by atoms with Gasteiger partial charge in [0.25, 0.3) is 0 Å². The monoisotopic (exact) mass is 502 g/mol. The fraction of sp³-hybridized carbons (Fsp3) is 0.188. The summed E-state index contributed by atoms with van der Waals surface area (Å²) in [4.78, 5) is 15.3. The molecule has 0 amide bonds. The number of aromatic hydroxyl groups is 1. The van der Waals surface area contributed by atoms with E-state index in [1.54, 1.807) is 12.1 Å². The van der Waals surface area contributed by atoms with Crippen LogP contribution in [0.1, 0.15) is 17.5 Å². The second kappa shape index (κ2) is 10.1. The molecule has 38 heavy (non-hydrogen) atoms. The molecule has 2 N–H and O–H groups in total. The van der Waals surface area contributed by atoms with Gasteiger partial charge in [0.2, 0.25) is 0 Å². The molecule has 6 rings (SSSR count). The van der Waals surface area contributed by atoms with Crippen LogP contribution in [0.2, 0.25) is 0 Å². The van der Waals surface area contributed by atoms with Crippen LogP contribution < -0.4 is 4.74 Å². The van der Waals surface area contributed by atoms with Crippen LogP contribution in [0, 0.1) is 0 Å². The van der Waals surface area contributed by atoms with Crippen LogP contribution in [0.5, 0.6) is 11.5 Å². The zero-order valence-electron chi connectivity index (χ0n) is 21.6. The van der Waals surface area contributed by atoms with Crippen molar-refractivity contribution in [2.45, 2.75) is 12.8 Å². The Balaban J connectivity index is 1.20. The number of rotatable bonds is 8. The third kappa shape index (κ3) is 5.04. The molecule has 2 heterocycles. The van der Waals surface area contributed by atoms with Crippen LogP contribution in [0.4, 0.5) is 5.69 Å². The normalized spacial score (nSPS) is 12.7. The summed E-state index contributed by atoms with van der Waals surface area (Å²) in [6, 6.07) is 28.1. The average molecular weight is 503 g/mol. The Morgan fingerprint density at radius 1 is 0.842 bits per heavy atom. The number of phenols is 1. The zero-order valence-corrected chi connectivity index (χ0v) is 21.6. The number of fused-ring (bicyclic) bond motifs is 2. The SMILES string of the molecule is CN(C)CCCOc1ccc(-c2nc3ccc(-c4ccc5c(c4)N=C(c4ccc(O)cc4)C5)cc3[nH]2)cc1. The first kappa shape index (κ1) is 23.9. The molecule has 0 saturated carbocycles. The van der Waals surface area contributed by atoms with E-state index >= 15 is 0 Å². The lowest BCUT2D eigenvalue weighted by molar-refractivity contribution is 0.281. The number of aromatic amines is 1. The van der Waals surface area contributed by atoms with Gasteiger partial charge >= 0.3 is 0 Å². The standard InChI is InChI=1S/C32H30N4O2/c1-36(2)16-3-17-38-27-13-8-22(9-14-27)32-34-28-15-10-24(19-31(28)35-32)23-4-5-25-20-29(33-30(25)18-23)21-6-11-26(37)12-7-21/h4-15,18-19,37H,3,16-17,20H2,1-2H3,(H,34,35).